The number of quaternary nitrogens is 1. The van der Waals surface area contributed by atoms with Crippen molar-refractivity contribution in [3.63, 3.8) is 0 Å². The van der Waals surface area contributed by atoms with E-state index in [2.05, 4.69) is 12.5 Å². The Morgan fingerprint density at radius 1 is 1.24 bits per heavy atom. The van der Waals surface area contributed by atoms with Gasteiger partial charge in [0.25, 0.3) is 5.91 Å². The summed E-state index contributed by atoms with van der Waals surface area (Å²) in [4.78, 5) is 13.6. The zero-order valence-electron chi connectivity index (χ0n) is 12.4. The molecule has 0 aliphatic carbocycles. The van der Waals surface area contributed by atoms with E-state index in [1.54, 1.807) is 24.3 Å². The van der Waals surface area contributed by atoms with Crippen LogP contribution in [0.15, 0.2) is 24.3 Å². The van der Waals surface area contributed by atoms with Crippen LogP contribution in [0.25, 0.3) is 0 Å². The van der Waals surface area contributed by atoms with E-state index < -0.39 is 9.84 Å². The van der Waals surface area contributed by atoms with Crippen molar-refractivity contribution in [1.82, 2.24) is 10.4 Å². The number of nitrogens with one attached hydrogen (secondary N) is 2. The van der Waals surface area contributed by atoms with Gasteiger partial charge in [-0.05, 0) is 17.7 Å². The van der Waals surface area contributed by atoms with E-state index in [4.69, 9.17) is 0 Å². The third kappa shape index (κ3) is 5.11. The normalized spacial score (nSPS) is 17.6. The molecular formula is C14H22N3O3S+. The van der Waals surface area contributed by atoms with Gasteiger partial charge < -0.3 is 4.90 Å². The molecule has 1 aromatic carbocycles. The first kappa shape index (κ1) is 15.9. The second-order valence-corrected chi connectivity index (χ2v) is 7.79. The number of hydrazine groups is 1. The average Bonchev–Trinajstić information content (AvgIpc) is 2.40. The summed E-state index contributed by atoms with van der Waals surface area (Å²) >= 11 is 0. The zero-order chi connectivity index (χ0) is 15.5. The lowest BCUT2D eigenvalue weighted by Crippen LogP contribution is -3.12. The van der Waals surface area contributed by atoms with Gasteiger partial charge in [0.1, 0.15) is 0 Å². The molecule has 0 radical (unpaired) electrons. The van der Waals surface area contributed by atoms with Gasteiger partial charge in [-0.25, -0.2) is 13.4 Å². The number of carbonyl (C=O) groups is 1. The molecular weight excluding hydrogens is 290 g/mol. The number of nitrogens with zero attached hydrogens (tertiary/aromatic N) is 1. The van der Waals surface area contributed by atoms with Gasteiger partial charge in [0, 0.05) is 11.8 Å². The van der Waals surface area contributed by atoms with E-state index in [0.29, 0.717) is 11.1 Å². The van der Waals surface area contributed by atoms with Crippen LogP contribution in [0.5, 0.6) is 0 Å². The van der Waals surface area contributed by atoms with E-state index in [-0.39, 0.29) is 11.7 Å². The molecule has 0 aromatic heterocycles. The van der Waals surface area contributed by atoms with Crippen molar-refractivity contribution in [2.45, 2.75) is 5.75 Å². The first-order chi connectivity index (χ1) is 9.83. The van der Waals surface area contributed by atoms with Crippen LogP contribution >= 0.6 is 0 Å². The standard InChI is InChI=1S/C14H21N3O3S/c1-16-7-9-17(10-8-16)15-14(18)13-5-3-12(4-6-13)11-21(2,19)20/h3-6H,7-11H2,1-2H3,(H,15,18)/p+1. The van der Waals surface area contributed by atoms with Gasteiger partial charge in [0.05, 0.1) is 39.0 Å². The lowest BCUT2D eigenvalue weighted by atomic mass is 10.1. The maximum Gasteiger partial charge on any atom is 0.265 e. The first-order valence-corrected chi connectivity index (χ1v) is 9.03. The predicted octanol–water partition coefficient (Wildman–Crippen LogP) is -1.29. The topological polar surface area (TPSA) is 70.9 Å². The highest BCUT2D eigenvalue weighted by molar-refractivity contribution is 7.89. The summed E-state index contributed by atoms with van der Waals surface area (Å²) in [5, 5.41) is 1.93. The quantitative estimate of drug-likeness (QED) is 0.725. The van der Waals surface area contributed by atoms with Gasteiger partial charge in [-0.2, -0.15) is 0 Å². The van der Waals surface area contributed by atoms with Crippen LogP contribution in [0.2, 0.25) is 0 Å². The largest absolute Gasteiger partial charge is 0.335 e. The van der Waals surface area contributed by atoms with E-state index in [1.807, 2.05) is 5.01 Å². The molecule has 0 spiro atoms. The Morgan fingerprint density at radius 2 is 1.81 bits per heavy atom. The van der Waals surface area contributed by atoms with E-state index in [0.717, 1.165) is 26.2 Å². The lowest BCUT2D eigenvalue weighted by Gasteiger charge is -2.30. The van der Waals surface area contributed by atoms with E-state index in [1.165, 1.54) is 11.2 Å². The fourth-order valence-electron chi connectivity index (χ4n) is 2.26. The fraction of sp³-hybridized carbons (Fsp3) is 0.500. The van der Waals surface area contributed by atoms with Gasteiger partial charge in [0.2, 0.25) is 0 Å². The Kier molecular flexibility index (Phi) is 4.97. The number of hydrogen-bond acceptors (Lipinski definition) is 4. The van der Waals surface area contributed by atoms with Crippen LogP contribution in [0.1, 0.15) is 15.9 Å². The van der Waals surface area contributed by atoms with Crippen LogP contribution in [-0.2, 0) is 15.6 Å². The maximum atomic E-state index is 12.1. The number of rotatable bonds is 4. The third-order valence-electron chi connectivity index (χ3n) is 3.52. The number of sulfone groups is 1. The number of hydrogen-bond donors (Lipinski definition) is 2. The van der Waals surface area contributed by atoms with Crippen LogP contribution in [-0.4, -0.2) is 58.8 Å². The second kappa shape index (κ2) is 6.55. The summed E-state index contributed by atoms with van der Waals surface area (Å²) in [5.41, 5.74) is 4.12. The minimum Gasteiger partial charge on any atom is -0.335 e. The van der Waals surface area contributed by atoms with Crippen molar-refractivity contribution in [3.8, 4) is 0 Å². The smallest absolute Gasteiger partial charge is 0.265 e. The number of likely N-dealkylation sites (N-methyl/N-ethyl adjacent to an activating group) is 1. The molecule has 0 unspecified atom stereocenters. The number of benzene rings is 1. The third-order valence-corrected chi connectivity index (χ3v) is 4.38. The Hall–Kier alpha value is -1.44. The molecule has 21 heavy (non-hydrogen) atoms. The summed E-state index contributed by atoms with van der Waals surface area (Å²) in [6.45, 7) is 3.69. The monoisotopic (exact) mass is 312 g/mol. The highest BCUT2D eigenvalue weighted by Crippen LogP contribution is 2.08. The minimum atomic E-state index is -3.05. The van der Waals surface area contributed by atoms with Crippen LogP contribution in [0.3, 0.4) is 0 Å². The highest BCUT2D eigenvalue weighted by atomic mass is 32.2. The van der Waals surface area contributed by atoms with Gasteiger partial charge in [-0.15, -0.1) is 0 Å². The molecule has 1 aromatic rings. The zero-order valence-corrected chi connectivity index (χ0v) is 13.2. The van der Waals surface area contributed by atoms with Crippen molar-refractivity contribution in [3.05, 3.63) is 35.4 Å². The molecule has 7 heteroatoms. The molecule has 2 N–H and O–H groups in total. The molecule has 116 valence electrons. The maximum absolute atomic E-state index is 12.1. The number of amides is 1. The average molecular weight is 312 g/mol. The highest BCUT2D eigenvalue weighted by Gasteiger charge is 2.18. The Labute approximate surface area is 125 Å². The molecule has 2 rings (SSSR count). The molecule has 0 saturated carbocycles. The van der Waals surface area contributed by atoms with E-state index >= 15 is 0 Å². The molecule has 1 aliphatic heterocycles. The fourth-order valence-corrected chi connectivity index (χ4v) is 3.06. The van der Waals surface area contributed by atoms with Crippen LogP contribution in [0, 0.1) is 0 Å². The summed E-state index contributed by atoms with van der Waals surface area (Å²) in [6, 6.07) is 6.70. The molecule has 1 heterocycles. The summed E-state index contributed by atoms with van der Waals surface area (Å²) < 4.78 is 22.4. The molecule has 6 nitrogen and oxygen atoms in total. The molecule has 1 fully saturated rings. The van der Waals surface area contributed by atoms with Gasteiger partial charge >= 0.3 is 0 Å². The van der Waals surface area contributed by atoms with Crippen molar-refractivity contribution >= 4 is 15.7 Å². The van der Waals surface area contributed by atoms with Crippen molar-refractivity contribution in [2.24, 2.45) is 0 Å². The molecule has 0 atom stereocenters. The van der Waals surface area contributed by atoms with Crippen LogP contribution in [0.4, 0.5) is 0 Å². The predicted molar refractivity (Wildman–Crippen MR) is 80.6 cm³/mol. The van der Waals surface area contributed by atoms with Crippen molar-refractivity contribution < 1.29 is 18.1 Å². The first-order valence-electron chi connectivity index (χ1n) is 6.97. The molecule has 1 saturated heterocycles. The van der Waals surface area contributed by atoms with Crippen LogP contribution < -0.4 is 10.3 Å². The van der Waals surface area contributed by atoms with Gasteiger partial charge in [-0.3, -0.25) is 10.2 Å². The SMILES string of the molecule is C[NH+]1CCN(NC(=O)c2ccc(CS(C)(=O)=O)cc2)CC1. The summed E-state index contributed by atoms with van der Waals surface area (Å²) in [7, 11) is -0.911. The minimum absolute atomic E-state index is 0.00383. The number of carbonyl (C=O) groups excluding carboxylic acids is 1. The van der Waals surface area contributed by atoms with E-state index in [9.17, 15) is 13.2 Å². The Bertz CT molecular complexity index is 590. The van der Waals surface area contributed by atoms with Gasteiger partial charge in [0.15, 0.2) is 9.84 Å². The second-order valence-electron chi connectivity index (χ2n) is 5.65. The molecule has 1 amide bonds. The molecule has 1 aliphatic rings. The number of piperazine rings is 1. The Balaban J connectivity index is 1.94. The summed E-state index contributed by atoms with van der Waals surface area (Å²) in [5.74, 6) is -0.156. The lowest BCUT2D eigenvalue weighted by molar-refractivity contribution is -0.884. The van der Waals surface area contributed by atoms with Crippen molar-refractivity contribution in [2.75, 3.05) is 39.5 Å². The van der Waals surface area contributed by atoms with Crippen molar-refractivity contribution in [1.29, 1.82) is 0 Å². The van der Waals surface area contributed by atoms with Gasteiger partial charge in [-0.1, -0.05) is 12.1 Å². The summed E-state index contributed by atoms with van der Waals surface area (Å²) in [6.07, 6.45) is 1.20. The Morgan fingerprint density at radius 3 is 2.33 bits per heavy atom. The molecule has 0 bridgehead atoms.